The van der Waals surface area contributed by atoms with Crippen molar-refractivity contribution in [3.63, 3.8) is 0 Å². The highest BCUT2D eigenvalue weighted by Gasteiger charge is 2.08. The fourth-order valence-corrected chi connectivity index (χ4v) is 2.98. The highest BCUT2D eigenvalue weighted by Crippen LogP contribution is 2.17. The lowest BCUT2D eigenvalue weighted by Gasteiger charge is -2.04. The third-order valence-electron chi connectivity index (χ3n) is 4.68. The average molecular weight is 416 g/mol. The number of hydrogen-bond acceptors (Lipinski definition) is 3. The van der Waals surface area contributed by atoms with Crippen molar-refractivity contribution >= 4 is 18.1 Å². The molecule has 0 fully saturated rings. The number of carbonyl (C=O) groups excluding carboxylic acids is 1. The predicted molar refractivity (Wildman–Crippen MR) is 127 cm³/mol. The summed E-state index contributed by atoms with van der Waals surface area (Å²) in [6, 6.07) is 31.3. The number of aromatic hydroxyl groups is 1. The highest BCUT2D eigenvalue weighted by atomic mass is 16.5. The van der Waals surface area contributed by atoms with Gasteiger partial charge < -0.3 is 9.84 Å². The van der Waals surface area contributed by atoms with Crippen LogP contribution in [0.3, 0.4) is 0 Å². The molecule has 0 atom stereocenters. The lowest BCUT2D eigenvalue weighted by Crippen LogP contribution is -2.08. The summed E-state index contributed by atoms with van der Waals surface area (Å²) < 4.78 is 5.34. The van der Waals surface area contributed by atoms with Crippen LogP contribution in [0.15, 0.2) is 103 Å². The molecule has 0 spiro atoms. The van der Waals surface area contributed by atoms with Crippen LogP contribution in [0.5, 0.6) is 11.5 Å². The normalized spacial score (nSPS) is 10.4. The van der Waals surface area contributed by atoms with Crippen LogP contribution >= 0.6 is 0 Å². The van der Waals surface area contributed by atoms with Gasteiger partial charge in [-0.1, -0.05) is 72.5 Å². The maximum atomic E-state index is 12.2. The first-order valence-corrected chi connectivity index (χ1v) is 10.1. The van der Waals surface area contributed by atoms with E-state index in [1.165, 1.54) is 12.1 Å². The predicted octanol–water partition coefficient (Wildman–Crippen LogP) is 6.18. The van der Waals surface area contributed by atoms with E-state index in [9.17, 15) is 9.90 Å². The molecule has 0 bridgehead atoms. The Labute approximate surface area is 187 Å². The van der Waals surface area contributed by atoms with Gasteiger partial charge in [-0.15, -0.1) is 0 Å². The molecule has 0 radical (unpaired) electrons. The van der Waals surface area contributed by atoms with Crippen LogP contribution in [0.2, 0.25) is 0 Å². The summed E-state index contributed by atoms with van der Waals surface area (Å²) in [6.45, 7) is 0. The summed E-state index contributed by atoms with van der Waals surface area (Å²) in [6.07, 6.45) is 4.15. The SMILES string of the molecule is O=C(Oc1ccc(C#Cc2ccc(C=Cc3ccccc3)cc2)cc1)c1cccc(O)c1. The van der Waals surface area contributed by atoms with Crippen molar-refractivity contribution in [1.82, 2.24) is 0 Å². The Morgan fingerprint density at radius 1 is 0.688 bits per heavy atom. The van der Waals surface area contributed by atoms with Gasteiger partial charge in [0.15, 0.2) is 0 Å². The average Bonchev–Trinajstić information content (AvgIpc) is 2.83. The third kappa shape index (κ3) is 5.75. The van der Waals surface area contributed by atoms with Gasteiger partial charge in [0.25, 0.3) is 0 Å². The van der Waals surface area contributed by atoms with Gasteiger partial charge in [0, 0.05) is 11.1 Å². The van der Waals surface area contributed by atoms with Crippen LogP contribution in [0, 0.1) is 11.8 Å². The second-order valence-corrected chi connectivity index (χ2v) is 7.08. The molecular formula is C29H20O3. The molecule has 0 unspecified atom stereocenters. The van der Waals surface area contributed by atoms with Crippen LogP contribution in [0.4, 0.5) is 0 Å². The summed E-state index contributed by atoms with van der Waals surface area (Å²) in [5.74, 6) is 6.17. The zero-order chi connectivity index (χ0) is 22.2. The van der Waals surface area contributed by atoms with E-state index in [0.29, 0.717) is 5.75 Å². The number of phenolic OH excluding ortho intramolecular Hbond substituents is 1. The van der Waals surface area contributed by atoms with Gasteiger partial charge >= 0.3 is 5.97 Å². The summed E-state index contributed by atoms with van der Waals surface area (Å²) in [5.41, 5.74) is 4.29. The minimum Gasteiger partial charge on any atom is -0.508 e. The number of esters is 1. The Balaban J connectivity index is 1.37. The second-order valence-electron chi connectivity index (χ2n) is 7.08. The quantitative estimate of drug-likeness (QED) is 0.187. The zero-order valence-electron chi connectivity index (χ0n) is 17.2. The van der Waals surface area contributed by atoms with E-state index >= 15 is 0 Å². The van der Waals surface area contributed by atoms with E-state index in [4.69, 9.17) is 4.74 Å². The molecule has 0 saturated carbocycles. The van der Waals surface area contributed by atoms with E-state index in [2.05, 4.69) is 36.1 Å². The number of benzene rings is 4. The summed E-state index contributed by atoms with van der Waals surface area (Å²) >= 11 is 0. The Morgan fingerprint density at radius 3 is 1.91 bits per heavy atom. The molecule has 154 valence electrons. The van der Waals surface area contributed by atoms with Crippen LogP contribution in [-0.2, 0) is 0 Å². The zero-order valence-corrected chi connectivity index (χ0v) is 17.2. The van der Waals surface area contributed by atoms with Gasteiger partial charge in [0.1, 0.15) is 11.5 Å². The molecule has 1 N–H and O–H groups in total. The third-order valence-corrected chi connectivity index (χ3v) is 4.68. The van der Waals surface area contributed by atoms with Crippen molar-refractivity contribution in [3.05, 3.63) is 131 Å². The summed E-state index contributed by atoms with van der Waals surface area (Å²) in [7, 11) is 0. The van der Waals surface area contributed by atoms with Crippen LogP contribution in [-0.4, -0.2) is 11.1 Å². The number of ether oxygens (including phenoxy) is 1. The lowest BCUT2D eigenvalue weighted by atomic mass is 10.1. The van der Waals surface area contributed by atoms with Crippen molar-refractivity contribution in [2.75, 3.05) is 0 Å². The molecular weight excluding hydrogens is 396 g/mol. The minimum atomic E-state index is -0.527. The molecule has 0 aliphatic carbocycles. The largest absolute Gasteiger partial charge is 0.508 e. The van der Waals surface area contributed by atoms with Gasteiger partial charge in [0.2, 0.25) is 0 Å². The standard InChI is InChI=1S/C29H20O3/c30-27-8-4-7-26(21-27)29(31)32-28-19-17-25(18-20-28)16-15-24-13-11-23(12-14-24)10-9-22-5-2-1-3-6-22/h1-14,17-21,30H. The number of phenols is 1. The Morgan fingerprint density at radius 2 is 1.28 bits per heavy atom. The van der Waals surface area contributed by atoms with Crippen molar-refractivity contribution in [1.29, 1.82) is 0 Å². The van der Waals surface area contributed by atoms with E-state index in [1.54, 1.807) is 36.4 Å². The molecule has 0 aromatic heterocycles. The Kier molecular flexibility index (Phi) is 6.45. The fraction of sp³-hybridized carbons (Fsp3) is 0. The second kappa shape index (κ2) is 9.97. The van der Waals surface area contributed by atoms with Crippen LogP contribution in [0.1, 0.15) is 32.6 Å². The molecule has 0 amide bonds. The molecule has 0 heterocycles. The number of rotatable bonds is 4. The first-order chi connectivity index (χ1) is 15.7. The van der Waals surface area contributed by atoms with Gasteiger partial charge in [-0.3, -0.25) is 0 Å². The molecule has 4 rings (SSSR count). The van der Waals surface area contributed by atoms with Crippen molar-refractivity contribution < 1.29 is 14.6 Å². The topological polar surface area (TPSA) is 46.5 Å². The first kappa shape index (κ1) is 20.7. The summed E-state index contributed by atoms with van der Waals surface area (Å²) in [5, 5.41) is 9.48. The first-order valence-electron chi connectivity index (χ1n) is 10.1. The van der Waals surface area contributed by atoms with Crippen LogP contribution in [0.25, 0.3) is 12.2 Å². The van der Waals surface area contributed by atoms with Crippen LogP contribution < -0.4 is 4.74 Å². The monoisotopic (exact) mass is 416 g/mol. The van der Waals surface area contributed by atoms with E-state index in [0.717, 1.165) is 22.3 Å². The molecule has 0 aliphatic rings. The molecule has 0 aliphatic heterocycles. The van der Waals surface area contributed by atoms with Crippen molar-refractivity contribution in [3.8, 4) is 23.3 Å². The van der Waals surface area contributed by atoms with E-state index in [1.807, 2.05) is 42.5 Å². The molecule has 3 nitrogen and oxygen atoms in total. The highest BCUT2D eigenvalue weighted by molar-refractivity contribution is 5.91. The maximum Gasteiger partial charge on any atom is 0.343 e. The molecule has 4 aromatic carbocycles. The molecule has 0 saturated heterocycles. The number of hydrogen-bond donors (Lipinski definition) is 1. The Bertz CT molecular complexity index is 1290. The van der Waals surface area contributed by atoms with Crippen molar-refractivity contribution in [2.45, 2.75) is 0 Å². The van der Waals surface area contributed by atoms with Gasteiger partial charge in [0.05, 0.1) is 5.56 Å². The maximum absolute atomic E-state index is 12.2. The molecule has 32 heavy (non-hydrogen) atoms. The van der Waals surface area contributed by atoms with E-state index < -0.39 is 5.97 Å². The smallest absolute Gasteiger partial charge is 0.343 e. The minimum absolute atomic E-state index is 0.0188. The van der Waals surface area contributed by atoms with Gasteiger partial charge in [-0.25, -0.2) is 4.79 Å². The summed E-state index contributed by atoms with van der Waals surface area (Å²) in [4.78, 5) is 12.2. The number of carbonyl (C=O) groups is 1. The van der Waals surface area contributed by atoms with Gasteiger partial charge in [-0.05, 0) is 65.7 Å². The fourth-order valence-electron chi connectivity index (χ4n) is 2.98. The van der Waals surface area contributed by atoms with E-state index in [-0.39, 0.29) is 11.3 Å². The van der Waals surface area contributed by atoms with Gasteiger partial charge in [-0.2, -0.15) is 0 Å². The lowest BCUT2D eigenvalue weighted by molar-refractivity contribution is 0.0734. The van der Waals surface area contributed by atoms with Crippen molar-refractivity contribution in [2.24, 2.45) is 0 Å². The molecule has 4 aromatic rings. The Hall–Kier alpha value is -4.55. The molecule has 3 heteroatoms.